The van der Waals surface area contributed by atoms with Crippen LogP contribution in [-0.2, 0) is 0 Å². The van der Waals surface area contributed by atoms with Gasteiger partial charge in [0.25, 0.3) is 5.69 Å². The predicted octanol–water partition coefficient (Wildman–Crippen LogP) is 2.43. The van der Waals surface area contributed by atoms with Crippen molar-refractivity contribution in [2.45, 2.75) is 6.42 Å². The van der Waals surface area contributed by atoms with Gasteiger partial charge in [0.2, 0.25) is 0 Å². The van der Waals surface area contributed by atoms with Gasteiger partial charge in [-0.25, -0.2) is 4.39 Å². The first-order valence-electron chi connectivity index (χ1n) is 5.46. The van der Waals surface area contributed by atoms with Crippen molar-refractivity contribution in [3.63, 3.8) is 0 Å². The minimum atomic E-state index is -0.782. The number of nitro benzene ring substituents is 1. The SMILES string of the molecule is CNCCCN(C)c1cc(Cl)c(F)cc1[N+](=O)[O-]. The minimum absolute atomic E-state index is 0.115. The van der Waals surface area contributed by atoms with E-state index in [0.29, 0.717) is 12.2 Å². The lowest BCUT2D eigenvalue weighted by molar-refractivity contribution is -0.384. The summed E-state index contributed by atoms with van der Waals surface area (Å²) in [5, 5.41) is 13.7. The van der Waals surface area contributed by atoms with E-state index >= 15 is 0 Å². The molecule has 0 atom stereocenters. The molecule has 18 heavy (non-hydrogen) atoms. The Morgan fingerprint density at radius 2 is 2.22 bits per heavy atom. The second-order valence-electron chi connectivity index (χ2n) is 3.89. The van der Waals surface area contributed by atoms with E-state index in [0.717, 1.165) is 19.0 Å². The molecule has 1 rings (SSSR count). The fraction of sp³-hybridized carbons (Fsp3) is 0.455. The zero-order valence-electron chi connectivity index (χ0n) is 10.2. The summed E-state index contributed by atoms with van der Waals surface area (Å²) in [4.78, 5) is 12.0. The number of benzene rings is 1. The summed E-state index contributed by atoms with van der Waals surface area (Å²) in [7, 11) is 3.55. The molecule has 0 heterocycles. The van der Waals surface area contributed by atoms with Gasteiger partial charge in [-0.3, -0.25) is 10.1 Å². The molecule has 1 aromatic carbocycles. The largest absolute Gasteiger partial charge is 0.369 e. The molecule has 0 unspecified atom stereocenters. The van der Waals surface area contributed by atoms with E-state index in [1.165, 1.54) is 6.07 Å². The molecule has 1 N–H and O–H groups in total. The molecule has 0 saturated carbocycles. The fourth-order valence-electron chi connectivity index (χ4n) is 1.59. The third-order valence-electron chi connectivity index (χ3n) is 2.55. The number of anilines is 1. The Morgan fingerprint density at radius 3 is 2.78 bits per heavy atom. The van der Waals surface area contributed by atoms with Crippen molar-refractivity contribution >= 4 is 23.0 Å². The molecular weight excluding hydrogens is 261 g/mol. The molecule has 0 aromatic heterocycles. The molecule has 0 fully saturated rings. The Hall–Kier alpha value is -1.40. The topological polar surface area (TPSA) is 58.4 Å². The molecule has 0 aliphatic heterocycles. The van der Waals surface area contributed by atoms with Gasteiger partial charge < -0.3 is 10.2 Å². The van der Waals surface area contributed by atoms with Crippen molar-refractivity contribution in [3.05, 3.63) is 33.1 Å². The summed E-state index contributed by atoms with van der Waals surface area (Å²) in [6.45, 7) is 1.41. The Balaban J connectivity index is 2.98. The lowest BCUT2D eigenvalue weighted by Crippen LogP contribution is -2.23. The minimum Gasteiger partial charge on any atom is -0.369 e. The lowest BCUT2D eigenvalue weighted by atomic mass is 10.2. The molecule has 0 amide bonds. The average molecular weight is 276 g/mol. The van der Waals surface area contributed by atoms with Crippen molar-refractivity contribution in [3.8, 4) is 0 Å². The van der Waals surface area contributed by atoms with Crippen LogP contribution < -0.4 is 10.2 Å². The molecule has 5 nitrogen and oxygen atoms in total. The van der Waals surface area contributed by atoms with Crippen molar-refractivity contribution in [2.75, 3.05) is 32.1 Å². The van der Waals surface area contributed by atoms with Crippen LogP contribution in [0.2, 0.25) is 5.02 Å². The van der Waals surface area contributed by atoms with E-state index in [2.05, 4.69) is 5.32 Å². The highest BCUT2D eigenvalue weighted by atomic mass is 35.5. The van der Waals surface area contributed by atoms with Gasteiger partial charge in [-0.2, -0.15) is 0 Å². The number of nitro groups is 1. The Morgan fingerprint density at radius 1 is 1.56 bits per heavy atom. The van der Waals surface area contributed by atoms with Gasteiger partial charge in [0, 0.05) is 13.6 Å². The van der Waals surface area contributed by atoms with Crippen LogP contribution in [0.4, 0.5) is 15.8 Å². The number of hydrogen-bond donors (Lipinski definition) is 1. The normalized spacial score (nSPS) is 10.4. The Kier molecular flexibility index (Phi) is 5.30. The third-order valence-corrected chi connectivity index (χ3v) is 2.84. The maximum Gasteiger partial charge on any atom is 0.295 e. The molecule has 0 spiro atoms. The predicted molar refractivity (Wildman–Crippen MR) is 69.9 cm³/mol. The van der Waals surface area contributed by atoms with Crippen LogP contribution in [0.25, 0.3) is 0 Å². The maximum atomic E-state index is 13.2. The standard InChI is InChI=1S/C11H15ClFN3O2/c1-14-4-3-5-15(2)10-6-8(12)9(13)7-11(10)16(17)18/h6-7,14H,3-5H2,1-2H3. The van der Waals surface area contributed by atoms with E-state index in [1.54, 1.807) is 11.9 Å². The molecule has 0 bridgehead atoms. The monoisotopic (exact) mass is 275 g/mol. The van der Waals surface area contributed by atoms with E-state index < -0.39 is 10.7 Å². The van der Waals surface area contributed by atoms with Crippen LogP contribution in [0, 0.1) is 15.9 Å². The zero-order valence-corrected chi connectivity index (χ0v) is 11.0. The van der Waals surface area contributed by atoms with Gasteiger partial charge in [0.15, 0.2) is 0 Å². The van der Waals surface area contributed by atoms with E-state index in [1.807, 2.05) is 7.05 Å². The number of hydrogen-bond acceptors (Lipinski definition) is 4. The molecule has 100 valence electrons. The van der Waals surface area contributed by atoms with Gasteiger partial charge in [0.05, 0.1) is 16.0 Å². The molecule has 0 radical (unpaired) electrons. The quantitative estimate of drug-likeness (QED) is 0.492. The lowest BCUT2D eigenvalue weighted by Gasteiger charge is -2.19. The van der Waals surface area contributed by atoms with Gasteiger partial charge in [0.1, 0.15) is 11.5 Å². The molecule has 0 aliphatic carbocycles. The summed E-state index contributed by atoms with van der Waals surface area (Å²) < 4.78 is 13.2. The van der Waals surface area contributed by atoms with Crippen molar-refractivity contribution < 1.29 is 9.31 Å². The van der Waals surface area contributed by atoms with Crippen LogP contribution in [0.3, 0.4) is 0 Å². The Bertz CT molecular complexity index is 443. The fourth-order valence-corrected chi connectivity index (χ4v) is 1.75. The molecule has 0 aliphatic rings. The van der Waals surface area contributed by atoms with Crippen LogP contribution in [-0.4, -0.2) is 32.1 Å². The smallest absolute Gasteiger partial charge is 0.295 e. The van der Waals surface area contributed by atoms with Gasteiger partial charge in [-0.1, -0.05) is 11.6 Å². The molecular formula is C11H15ClFN3O2. The summed E-state index contributed by atoms with van der Waals surface area (Å²) in [5.74, 6) is -0.782. The van der Waals surface area contributed by atoms with Crippen molar-refractivity contribution in [2.24, 2.45) is 0 Å². The number of nitrogens with zero attached hydrogens (tertiary/aromatic N) is 2. The van der Waals surface area contributed by atoms with E-state index in [-0.39, 0.29) is 10.7 Å². The van der Waals surface area contributed by atoms with Gasteiger partial charge in [-0.15, -0.1) is 0 Å². The first-order chi connectivity index (χ1) is 8.47. The number of nitrogens with one attached hydrogen (secondary N) is 1. The van der Waals surface area contributed by atoms with Crippen LogP contribution in [0.1, 0.15) is 6.42 Å². The van der Waals surface area contributed by atoms with Crippen LogP contribution in [0.15, 0.2) is 12.1 Å². The zero-order chi connectivity index (χ0) is 13.7. The average Bonchev–Trinajstić information content (AvgIpc) is 2.32. The second kappa shape index (κ2) is 6.51. The van der Waals surface area contributed by atoms with Gasteiger partial charge >= 0.3 is 0 Å². The van der Waals surface area contributed by atoms with Crippen LogP contribution in [0.5, 0.6) is 0 Å². The Labute approximate surface area is 110 Å². The highest BCUT2D eigenvalue weighted by Gasteiger charge is 2.20. The molecule has 1 aromatic rings. The highest BCUT2D eigenvalue weighted by molar-refractivity contribution is 6.31. The summed E-state index contributed by atoms with van der Waals surface area (Å²) in [5.41, 5.74) is 0.0476. The summed E-state index contributed by atoms with van der Waals surface area (Å²) >= 11 is 5.66. The van der Waals surface area contributed by atoms with Gasteiger partial charge in [-0.05, 0) is 26.1 Å². The molecule has 7 heteroatoms. The summed E-state index contributed by atoms with van der Waals surface area (Å²) in [6.07, 6.45) is 0.819. The van der Waals surface area contributed by atoms with E-state index in [4.69, 9.17) is 11.6 Å². The van der Waals surface area contributed by atoms with Crippen molar-refractivity contribution in [1.29, 1.82) is 0 Å². The highest BCUT2D eigenvalue weighted by Crippen LogP contribution is 2.32. The molecule has 0 saturated heterocycles. The van der Waals surface area contributed by atoms with E-state index in [9.17, 15) is 14.5 Å². The summed E-state index contributed by atoms with van der Waals surface area (Å²) in [6, 6.07) is 2.14. The maximum absolute atomic E-state index is 13.2. The number of halogens is 2. The first-order valence-corrected chi connectivity index (χ1v) is 5.84. The first kappa shape index (κ1) is 14.7. The third kappa shape index (κ3) is 3.54. The van der Waals surface area contributed by atoms with Crippen LogP contribution >= 0.6 is 11.6 Å². The number of rotatable bonds is 6. The van der Waals surface area contributed by atoms with Crippen molar-refractivity contribution in [1.82, 2.24) is 5.32 Å². The second-order valence-corrected chi connectivity index (χ2v) is 4.30.